The number of ether oxygens (including phenoxy) is 1. The van der Waals surface area contributed by atoms with Crippen molar-refractivity contribution >= 4 is 40.5 Å². The highest BCUT2D eigenvalue weighted by atomic mass is 35.5. The van der Waals surface area contributed by atoms with E-state index >= 15 is 0 Å². The molecule has 3 N–H and O–H groups in total. The van der Waals surface area contributed by atoms with Crippen LogP contribution >= 0.6 is 23.2 Å². The molecule has 132 valence electrons. The molecule has 0 aliphatic heterocycles. The summed E-state index contributed by atoms with van der Waals surface area (Å²) in [5.74, 6) is 0.357. The number of hydrogen-bond acceptors (Lipinski definition) is 4. The molecule has 0 saturated carbocycles. The Hall–Kier alpha value is -2.24. The maximum atomic E-state index is 11.8. The third kappa shape index (κ3) is 6.29. The monoisotopic (exact) mass is 379 g/mol. The van der Waals surface area contributed by atoms with Gasteiger partial charge in [-0.05, 0) is 49.2 Å². The quantitative estimate of drug-likeness (QED) is 0.326. The van der Waals surface area contributed by atoms with Gasteiger partial charge in [0.05, 0.1) is 17.3 Å². The molecule has 5 nitrogen and oxygen atoms in total. The highest BCUT2D eigenvalue weighted by Crippen LogP contribution is 2.27. The minimum Gasteiger partial charge on any atom is -0.492 e. The van der Waals surface area contributed by atoms with Crippen molar-refractivity contribution in [3.8, 4) is 5.75 Å². The van der Waals surface area contributed by atoms with Crippen molar-refractivity contribution < 1.29 is 9.53 Å². The van der Waals surface area contributed by atoms with Gasteiger partial charge in [0.1, 0.15) is 5.75 Å². The average Bonchev–Trinajstić information content (AvgIpc) is 2.58. The molecule has 25 heavy (non-hydrogen) atoms. The molecule has 0 spiro atoms. The number of benzene rings is 2. The third-order valence-electron chi connectivity index (χ3n) is 3.35. The van der Waals surface area contributed by atoms with Crippen LogP contribution < -0.4 is 15.9 Å². The number of amides is 1. The van der Waals surface area contributed by atoms with Gasteiger partial charge in [-0.1, -0.05) is 35.3 Å². The molecule has 0 fully saturated rings. The number of anilines is 1. The average molecular weight is 380 g/mol. The number of carbonyl (C=O) groups is 1. The predicted molar refractivity (Wildman–Crippen MR) is 102 cm³/mol. The Morgan fingerprint density at radius 3 is 2.76 bits per heavy atom. The van der Waals surface area contributed by atoms with Gasteiger partial charge in [-0.25, -0.2) is 5.43 Å². The molecular formula is C18H19Cl2N3O2. The predicted octanol–water partition coefficient (Wildman–Crippen LogP) is 4.28. The van der Waals surface area contributed by atoms with E-state index in [9.17, 15) is 4.79 Å². The molecule has 0 aromatic heterocycles. The van der Waals surface area contributed by atoms with Gasteiger partial charge >= 0.3 is 0 Å². The Bertz CT molecular complexity index is 779. The molecule has 0 unspecified atom stereocenters. The van der Waals surface area contributed by atoms with Gasteiger partial charge in [0, 0.05) is 17.1 Å². The summed E-state index contributed by atoms with van der Waals surface area (Å²) < 4.78 is 5.53. The van der Waals surface area contributed by atoms with Gasteiger partial charge in [-0.3, -0.25) is 4.79 Å². The van der Waals surface area contributed by atoms with Crippen LogP contribution in [0.2, 0.25) is 10.0 Å². The zero-order chi connectivity index (χ0) is 18.2. The van der Waals surface area contributed by atoms with Crippen molar-refractivity contribution in [1.29, 1.82) is 0 Å². The highest BCUT2D eigenvalue weighted by molar-refractivity contribution is 6.35. The second-order valence-electron chi connectivity index (χ2n) is 5.38. The molecular weight excluding hydrogens is 361 g/mol. The SMILES string of the molecule is CC(=NNC(=O)CCCOc1ccc(Cl)cc1Cl)c1cccc(N)c1. The summed E-state index contributed by atoms with van der Waals surface area (Å²) in [6.45, 7) is 2.17. The summed E-state index contributed by atoms with van der Waals surface area (Å²) >= 11 is 11.8. The van der Waals surface area contributed by atoms with E-state index in [1.54, 1.807) is 37.3 Å². The first kappa shape index (κ1) is 19.1. The summed E-state index contributed by atoms with van der Waals surface area (Å²) in [5.41, 5.74) is 10.5. The molecule has 0 saturated heterocycles. The third-order valence-corrected chi connectivity index (χ3v) is 3.88. The van der Waals surface area contributed by atoms with Crippen LogP contribution in [0, 0.1) is 0 Å². The summed E-state index contributed by atoms with van der Waals surface area (Å²) in [5, 5.41) is 5.07. The number of nitrogens with zero attached hydrogens (tertiary/aromatic N) is 1. The lowest BCUT2D eigenvalue weighted by atomic mass is 10.1. The first-order valence-electron chi connectivity index (χ1n) is 7.72. The fraction of sp³-hybridized carbons (Fsp3) is 0.222. The Morgan fingerprint density at radius 1 is 1.24 bits per heavy atom. The fourth-order valence-corrected chi connectivity index (χ4v) is 2.50. The van der Waals surface area contributed by atoms with Crippen LogP contribution in [-0.2, 0) is 4.79 Å². The van der Waals surface area contributed by atoms with Crippen LogP contribution in [0.1, 0.15) is 25.3 Å². The summed E-state index contributed by atoms with van der Waals surface area (Å²) in [7, 11) is 0. The van der Waals surface area contributed by atoms with E-state index in [0.29, 0.717) is 46.6 Å². The minimum absolute atomic E-state index is 0.186. The van der Waals surface area contributed by atoms with Crippen LogP contribution in [0.15, 0.2) is 47.6 Å². The van der Waals surface area contributed by atoms with Crippen molar-refractivity contribution in [2.75, 3.05) is 12.3 Å². The smallest absolute Gasteiger partial charge is 0.240 e. The van der Waals surface area contributed by atoms with E-state index in [-0.39, 0.29) is 5.91 Å². The second kappa shape index (κ2) is 9.30. The Kier molecular flexibility index (Phi) is 7.10. The minimum atomic E-state index is -0.186. The number of hydrazone groups is 1. The molecule has 0 heterocycles. The summed E-state index contributed by atoms with van der Waals surface area (Å²) in [6.07, 6.45) is 0.830. The second-order valence-corrected chi connectivity index (χ2v) is 6.23. The number of halogens is 2. The molecule has 0 radical (unpaired) electrons. The molecule has 0 atom stereocenters. The number of rotatable bonds is 7. The first-order chi connectivity index (χ1) is 12.0. The molecule has 2 rings (SSSR count). The Labute approximate surface area is 156 Å². The Morgan fingerprint density at radius 2 is 2.04 bits per heavy atom. The zero-order valence-electron chi connectivity index (χ0n) is 13.8. The van der Waals surface area contributed by atoms with Crippen molar-refractivity contribution in [3.63, 3.8) is 0 Å². The Balaban J connectivity index is 1.74. The topological polar surface area (TPSA) is 76.7 Å². The number of hydrogen-bond donors (Lipinski definition) is 2. The van der Waals surface area contributed by atoms with Gasteiger partial charge in [0.25, 0.3) is 0 Å². The summed E-state index contributed by atoms with van der Waals surface area (Å²) in [4.78, 5) is 11.8. The van der Waals surface area contributed by atoms with Crippen LogP contribution in [0.5, 0.6) is 5.75 Å². The van der Waals surface area contributed by atoms with Gasteiger partial charge in [-0.2, -0.15) is 5.10 Å². The van der Waals surface area contributed by atoms with E-state index in [2.05, 4.69) is 10.5 Å². The van der Waals surface area contributed by atoms with Gasteiger partial charge in [-0.15, -0.1) is 0 Å². The zero-order valence-corrected chi connectivity index (χ0v) is 15.3. The van der Waals surface area contributed by atoms with E-state index in [1.165, 1.54) is 0 Å². The lowest BCUT2D eigenvalue weighted by Crippen LogP contribution is -2.19. The lowest BCUT2D eigenvalue weighted by Gasteiger charge is -2.08. The van der Waals surface area contributed by atoms with Crippen LogP contribution in [-0.4, -0.2) is 18.2 Å². The van der Waals surface area contributed by atoms with Gasteiger partial charge in [0.2, 0.25) is 5.91 Å². The number of nitrogens with two attached hydrogens (primary N) is 1. The van der Waals surface area contributed by atoms with E-state index in [4.69, 9.17) is 33.7 Å². The fourth-order valence-electron chi connectivity index (χ4n) is 2.04. The van der Waals surface area contributed by atoms with Gasteiger partial charge < -0.3 is 10.5 Å². The van der Waals surface area contributed by atoms with Crippen molar-refractivity contribution in [2.24, 2.45) is 5.10 Å². The number of nitrogens with one attached hydrogen (secondary N) is 1. The molecule has 0 aliphatic rings. The van der Waals surface area contributed by atoms with Crippen molar-refractivity contribution in [2.45, 2.75) is 19.8 Å². The highest BCUT2D eigenvalue weighted by Gasteiger charge is 2.05. The van der Waals surface area contributed by atoms with Crippen LogP contribution in [0.4, 0.5) is 5.69 Å². The van der Waals surface area contributed by atoms with Crippen molar-refractivity contribution in [1.82, 2.24) is 5.43 Å². The van der Waals surface area contributed by atoms with Gasteiger partial charge in [0.15, 0.2) is 0 Å². The van der Waals surface area contributed by atoms with Crippen LogP contribution in [0.3, 0.4) is 0 Å². The van der Waals surface area contributed by atoms with E-state index < -0.39 is 0 Å². The standard InChI is InChI=1S/C18H19Cl2N3O2/c1-12(13-4-2-5-15(21)10-13)22-23-18(24)6-3-9-25-17-8-7-14(19)11-16(17)20/h2,4-5,7-8,10-11H,3,6,9,21H2,1H3,(H,23,24). The molecule has 0 aliphatic carbocycles. The molecule has 0 bridgehead atoms. The van der Waals surface area contributed by atoms with E-state index in [0.717, 1.165) is 5.56 Å². The van der Waals surface area contributed by atoms with Crippen LogP contribution in [0.25, 0.3) is 0 Å². The maximum Gasteiger partial charge on any atom is 0.240 e. The molecule has 2 aromatic carbocycles. The van der Waals surface area contributed by atoms with E-state index in [1.807, 2.05) is 12.1 Å². The first-order valence-corrected chi connectivity index (χ1v) is 8.48. The molecule has 2 aromatic rings. The largest absolute Gasteiger partial charge is 0.492 e. The number of nitrogen functional groups attached to an aromatic ring is 1. The molecule has 7 heteroatoms. The normalized spacial score (nSPS) is 11.2. The number of carbonyl (C=O) groups excluding carboxylic acids is 1. The molecule has 1 amide bonds. The lowest BCUT2D eigenvalue weighted by molar-refractivity contribution is -0.121. The summed E-state index contributed by atoms with van der Waals surface area (Å²) in [6, 6.07) is 12.3. The maximum absolute atomic E-state index is 11.8. The van der Waals surface area contributed by atoms with Crippen molar-refractivity contribution in [3.05, 3.63) is 58.1 Å².